The Morgan fingerprint density at radius 2 is 2.22 bits per heavy atom. The highest BCUT2D eigenvalue weighted by molar-refractivity contribution is 8.11. The van der Waals surface area contributed by atoms with Crippen LogP contribution in [0.3, 0.4) is 0 Å². The summed E-state index contributed by atoms with van der Waals surface area (Å²) in [6, 6.07) is 0. The minimum Gasteiger partial charge on any atom is -0.309 e. The molecule has 0 aliphatic heterocycles. The van der Waals surface area contributed by atoms with E-state index in [1.165, 1.54) is 11.6 Å². The molecular weight excluding hydrogens is 263 g/mol. The number of allylic oxidation sites excluding steroid dienone is 2. The highest BCUT2D eigenvalue weighted by atomic mass is 32.2. The van der Waals surface area contributed by atoms with Crippen LogP contribution in [0.5, 0.6) is 0 Å². The van der Waals surface area contributed by atoms with Gasteiger partial charge in [-0.15, -0.1) is 11.8 Å². The second-order valence-electron chi connectivity index (χ2n) is 3.21. The van der Waals surface area contributed by atoms with Gasteiger partial charge < -0.3 is 5.41 Å². The summed E-state index contributed by atoms with van der Waals surface area (Å²) in [6.45, 7) is 1.68. The zero-order valence-electron chi connectivity index (χ0n) is 9.45. The molecule has 0 atom stereocenters. The molecule has 0 bridgehead atoms. The number of hydrogen-bond donors (Lipinski definition) is 1. The second kappa shape index (κ2) is 6.95. The van der Waals surface area contributed by atoms with Crippen LogP contribution in [0.15, 0.2) is 23.0 Å². The van der Waals surface area contributed by atoms with Crippen LogP contribution in [0.2, 0.25) is 0 Å². The number of nitrogens with one attached hydrogen (secondary N) is 1. The van der Waals surface area contributed by atoms with E-state index in [1.54, 1.807) is 6.92 Å². The average Bonchev–Trinajstić information content (AvgIpc) is 2.33. The molecule has 96 valence electrons. The average molecular weight is 273 g/mol. The molecule has 1 aromatic rings. The van der Waals surface area contributed by atoms with Crippen molar-refractivity contribution < 1.29 is 13.2 Å². The molecule has 0 saturated heterocycles. The zero-order valence-corrected chi connectivity index (χ0v) is 10.3. The highest BCUT2D eigenvalue weighted by Gasteiger charge is 2.14. The molecule has 1 heterocycles. The van der Waals surface area contributed by atoms with Gasteiger partial charge in [-0.3, -0.25) is 4.99 Å². The lowest BCUT2D eigenvalue weighted by molar-refractivity contribution is 0.455. The van der Waals surface area contributed by atoms with E-state index >= 15 is 0 Å². The van der Waals surface area contributed by atoms with Gasteiger partial charge in [0.25, 0.3) is 0 Å². The van der Waals surface area contributed by atoms with E-state index < -0.39 is 17.6 Å². The number of halogens is 3. The number of nitrogens with zero attached hydrogens (tertiary/aromatic N) is 2. The lowest BCUT2D eigenvalue weighted by atomic mass is 10.3. The van der Waals surface area contributed by atoms with Gasteiger partial charge in [0, 0.05) is 23.2 Å². The van der Waals surface area contributed by atoms with Gasteiger partial charge in [-0.25, -0.2) is 13.8 Å². The summed E-state index contributed by atoms with van der Waals surface area (Å²) < 4.78 is 39.1. The molecule has 1 rings (SSSR count). The topological polar surface area (TPSA) is 49.1 Å². The maximum absolute atomic E-state index is 13.2. The number of pyridine rings is 1. The summed E-state index contributed by atoms with van der Waals surface area (Å²) in [5.74, 6) is -3.56. The Bertz CT molecular complexity index is 501. The van der Waals surface area contributed by atoms with Gasteiger partial charge in [0.1, 0.15) is 5.82 Å². The number of rotatable bonds is 5. The van der Waals surface area contributed by atoms with Gasteiger partial charge in [0.05, 0.1) is 11.7 Å². The molecule has 1 aromatic heterocycles. The Hall–Kier alpha value is -1.63. The first-order valence-electron chi connectivity index (χ1n) is 4.86. The normalized spacial score (nSPS) is 12.1. The molecule has 0 aliphatic rings. The number of aromatic nitrogens is 1. The van der Waals surface area contributed by atoms with Crippen molar-refractivity contribution in [3.05, 3.63) is 41.1 Å². The first-order valence-corrected chi connectivity index (χ1v) is 5.91. The molecule has 18 heavy (non-hydrogen) atoms. The fourth-order valence-corrected chi connectivity index (χ4v) is 1.76. The van der Waals surface area contributed by atoms with Gasteiger partial charge in [-0.05, 0) is 13.0 Å². The van der Waals surface area contributed by atoms with Gasteiger partial charge in [0.15, 0.2) is 5.82 Å². The van der Waals surface area contributed by atoms with Crippen LogP contribution >= 0.6 is 11.8 Å². The van der Waals surface area contributed by atoms with Crippen LogP contribution in [-0.4, -0.2) is 16.7 Å². The lowest BCUT2D eigenvalue weighted by Crippen LogP contribution is -2.00. The fraction of sp³-hybridized carbons (Fsp3) is 0.182. The number of hydrogen-bond acceptors (Lipinski definition) is 4. The maximum atomic E-state index is 13.2. The molecule has 0 aliphatic carbocycles. The van der Waals surface area contributed by atoms with Gasteiger partial charge in [-0.1, -0.05) is 0 Å². The van der Waals surface area contributed by atoms with Gasteiger partial charge in [0.2, 0.25) is 5.95 Å². The highest BCUT2D eigenvalue weighted by Crippen LogP contribution is 2.18. The monoisotopic (exact) mass is 273 g/mol. The Morgan fingerprint density at radius 3 is 2.89 bits per heavy atom. The summed E-state index contributed by atoms with van der Waals surface area (Å²) in [5, 5.41) is 6.80. The van der Waals surface area contributed by atoms with Crippen LogP contribution in [0, 0.1) is 23.0 Å². The first-order chi connectivity index (χ1) is 8.56. The van der Waals surface area contributed by atoms with Crippen molar-refractivity contribution in [2.75, 3.05) is 0 Å². The van der Waals surface area contributed by atoms with E-state index in [2.05, 4.69) is 9.98 Å². The van der Waals surface area contributed by atoms with Crippen LogP contribution in [-0.2, 0) is 5.75 Å². The molecule has 0 aromatic carbocycles. The molecule has 0 spiro atoms. The van der Waals surface area contributed by atoms with Crippen LogP contribution in [0.4, 0.5) is 13.2 Å². The van der Waals surface area contributed by atoms with Crippen molar-refractivity contribution in [2.45, 2.75) is 12.7 Å². The van der Waals surface area contributed by atoms with Crippen molar-refractivity contribution in [3.8, 4) is 0 Å². The maximum Gasteiger partial charge on any atom is 0.249 e. The van der Waals surface area contributed by atoms with E-state index in [1.807, 2.05) is 0 Å². The lowest BCUT2D eigenvalue weighted by Gasteiger charge is -2.02. The predicted octanol–water partition coefficient (Wildman–Crippen LogP) is 3.31. The summed E-state index contributed by atoms with van der Waals surface area (Å²) >= 11 is 1.02. The predicted molar refractivity (Wildman–Crippen MR) is 66.4 cm³/mol. The van der Waals surface area contributed by atoms with E-state index in [9.17, 15) is 13.2 Å². The van der Waals surface area contributed by atoms with Crippen molar-refractivity contribution in [3.63, 3.8) is 0 Å². The summed E-state index contributed by atoms with van der Waals surface area (Å²) in [4.78, 5) is 6.83. The van der Waals surface area contributed by atoms with Crippen molar-refractivity contribution in [2.24, 2.45) is 4.99 Å². The molecule has 0 unspecified atom stereocenters. The molecule has 0 saturated carbocycles. The Kier molecular flexibility index (Phi) is 5.57. The van der Waals surface area contributed by atoms with Crippen molar-refractivity contribution in [1.29, 1.82) is 5.41 Å². The van der Waals surface area contributed by atoms with Crippen LogP contribution < -0.4 is 0 Å². The third kappa shape index (κ3) is 3.99. The minimum atomic E-state index is -1.32. The minimum absolute atomic E-state index is 0.0848. The van der Waals surface area contributed by atoms with E-state index in [0.29, 0.717) is 11.9 Å². The molecular formula is C11H10F3N3S. The third-order valence-electron chi connectivity index (χ3n) is 1.91. The molecule has 7 heteroatoms. The summed E-state index contributed by atoms with van der Waals surface area (Å²) in [5.41, 5.74) is 1.60. The van der Waals surface area contributed by atoms with E-state index in [-0.39, 0.29) is 11.3 Å². The fourth-order valence-electron chi connectivity index (χ4n) is 1.01. The van der Waals surface area contributed by atoms with Crippen LogP contribution in [0.1, 0.15) is 12.5 Å². The van der Waals surface area contributed by atoms with E-state index in [0.717, 1.165) is 18.0 Å². The zero-order chi connectivity index (χ0) is 13.5. The third-order valence-corrected chi connectivity index (χ3v) is 2.62. The van der Waals surface area contributed by atoms with Crippen LogP contribution in [0.25, 0.3) is 0 Å². The van der Waals surface area contributed by atoms with Crippen molar-refractivity contribution >= 4 is 23.5 Å². The SMILES string of the molecule is CC(=C/C=N)/N=C/SCc1c(F)cnc(F)c1F. The van der Waals surface area contributed by atoms with E-state index in [4.69, 9.17) is 5.41 Å². The van der Waals surface area contributed by atoms with Gasteiger partial charge >= 0.3 is 0 Å². The van der Waals surface area contributed by atoms with Crippen molar-refractivity contribution in [1.82, 2.24) is 4.98 Å². The summed E-state index contributed by atoms with van der Waals surface area (Å²) in [7, 11) is 0. The quantitative estimate of drug-likeness (QED) is 0.508. The largest absolute Gasteiger partial charge is 0.309 e. The first kappa shape index (κ1) is 14.4. The second-order valence-corrected chi connectivity index (χ2v) is 4.04. The molecule has 1 N–H and O–H groups in total. The number of aliphatic imine (C=N–C) groups is 1. The molecule has 3 nitrogen and oxygen atoms in total. The molecule has 0 radical (unpaired) electrons. The Morgan fingerprint density at radius 1 is 1.50 bits per heavy atom. The summed E-state index contributed by atoms with van der Waals surface area (Å²) in [6.07, 6.45) is 3.19. The van der Waals surface area contributed by atoms with Gasteiger partial charge in [-0.2, -0.15) is 4.39 Å². The molecule has 0 fully saturated rings. The number of thioether (sulfide) groups is 1. The Balaban J connectivity index is 2.67. The molecule has 0 amide bonds. The Labute approximate surface area is 106 Å². The standard InChI is InChI=1S/C11H10F3N3S/c1-7(2-3-15)17-6-18-5-8-9(12)4-16-11(14)10(8)13/h2-4,6,15H,5H2,1H3/b7-2-,15-3?,17-6+. The smallest absolute Gasteiger partial charge is 0.249 e.